The van der Waals surface area contributed by atoms with Crippen LogP contribution < -0.4 is 4.74 Å². The lowest BCUT2D eigenvalue weighted by molar-refractivity contribution is -0.137. The minimum atomic E-state index is -4.45. The largest absolute Gasteiger partial charge is 0.497 e. The van der Waals surface area contributed by atoms with Gasteiger partial charge in [0.2, 0.25) is 0 Å². The number of hydrogen-bond donors (Lipinski definition) is 1. The molecule has 25 heavy (non-hydrogen) atoms. The van der Waals surface area contributed by atoms with Gasteiger partial charge >= 0.3 is 6.18 Å². The zero-order valence-corrected chi connectivity index (χ0v) is 12.8. The van der Waals surface area contributed by atoms with E-state index in [4.69, 9.17) is 10.00 Å². The van der Waals surface area contributed by atoms with Crippen molar-refractivity contribution in [2.24, 2.45) is 0 Å². The highest BCUT2D eigenvalue weighted by molar-refractivity contribution is 5.74. The van der Waals surface area contributed by atoms with Crippen LogP contribution in [0, 0.1) is 11.3 Å². The maximum Gasteiger partial charge on any atom is 0.417 e. The number of nitrogens with one attached hydrogen (secondary N) is 1. The quantitative estimate of drug-likeness (QED) is 0.786. The lowest BCUT2D eigenvalue weighted by Gasteiger charge is -2.09. The molecule has 3 rings (SSSR count). The highest BCUT2D eigenvalue weighted by atomic mass is 19.4. The summed E-state index contributed by atoms with van der Waals surface area (Å²) in [7, 11) is 1.46. The molecule has 1 aromatic carbocycles. The van der Waals surface area contributed by atoms with E-state index in [9.17, 15) is 13.2 Å². The van der Waals surface area contributed by atoms with Crippen molar-refractivity contribution in [1.82, 2.24) is 20.4 Å². The van der Waals surface area contributed by atoms with E-state index in [2.05, 4.69) is 20.4 Å². The van der Waals surface area contributed by atoms with Gasteiger partial charge in [-0.1, -0.05) is 5.21 Å². The van der Waals surface area contributed by atoms with E-state index in [0.29, 0.717) is 28.3 Å². The Balaban J connectivity index is 2.08. The minimum absolute atomic E-state index is 0.166. The fourth-order valence-corrected chi connectivity index (χ4v) is 2.24. The van der Waals surface area contributed by atoms with Crippen LogP contribution in [0.1, 0.15) is 11.3 Å². The molecule has 0 spiro atoms. The van der Waals surface area contributed by atoms with Crippen LogP contribution in [0.15, 0.2) is 36.5 Å². The first-order valence-corrected chi connectivity index (χ1v) is 6.96. The Morgan fingerprint density at radius 3 is 2.52 bits per heavy atom. The molecular weight excluding hydrogens is 335 g/mol. The molecule has 9 heteroatoms. The zero-order valence-electron chi connectivity index (χ0n) is 12.8. The third-order valence-electron chi connectivity index (χ3n) is 3.46. The number of H-pyrrole nitrogens is 1. The smallest absolute Gasteiger partial charge is 0.417 e. The third kappa shape index (κ3) is 3.28. The topological polar surface area (TPSA) is 87.5 Å². The molecule has 0 radical (unpaired) electrons. The van der Waals surface area contributed by atoms with Crippen molar-refractivity contribution in [2.75, 3.05) is 7.11 Å². The Morgan fingerprint density at radius 1 is 1.16 bits per heavy atom. The highest BCUT2D eigenvalue weighted by Gasteiger charge is 2.30. The number of alkyl halides is 3. The van der Waals surface area contributed by atoms with Gasteiger partial charge in [-0.2, -0.15) is 18.4 Å². The van der Waals surface area contributed by atoms with Gasteiger partial charge in [0.1, 0.15) is 17.5 Å². The lowest BCUT2D eigenvalue weighted by Crippen LogP contribution is -2.05. The number of aromatic amines is 1. The number of hydrogen-bond acceptors (Lipinski definition) is 5. The predicted octanol–water partition coefficient (Wildman–Crippen LogP) is 3.43. The van der Waals surface area contributed by atoms with Crippen molar-refractivity contribution < 1.29 is 17.9 Å². The number of halogens is 3. The van der Waals surface area contributed by atoms with Crippen LogP contribution >= 0.6 is 0 Å². The molecular formula is C16H10F3N5O. The third-order valence-corrected chi connectivity index (χ3v) is 3.46. The first-order valence-electron chi connectivity index (χ1n) is 6.96. The van der Waals surface area contributed by atoms with E-state index >= 15 is 0 Å². The average molecular weight is 345 g/mol. The van der Waals surface area contributed by atoms with E-state index in [1.807, 2.05) is 6.07 Å². The van der Waals surface area contributed by atoms with E-state index in [0.717, 1.165) is 12.3 Å². The number of rotatable bonds is 3. The van der Waals surface area contributed by atoms with E-state index < -0.39 is 11.7 Å². The number of nitriles is 1. The SMILES string of the molecule is COc1cc(-c2ccc(C(F)(F)F)cn2)cc(-c2nn[nH]c2C#N)c1. The Morgan fingerprint density at radius 2 is 1.92 bits per heavy atom. The molecule has 0 aliphatic heterocycles. The standard InChI is InChI=1S/C16H10F3N5O/c1-25-12-5-9(13-3-2-11(8-21-13)16(17,18)19)4-10(6-12)15-14(7-20)22-24-23-15/h2-6,8H,1H3,(H,22,23,24). The Bertz CT molecular complexity index is 942. The zero-order chi connectivity index (χ0) is 18.0. The van der Waals surface area contributed by atoms with Crippen LogP contribution in [-0.2, 0) is 6.18 Å². The molecule has 0 aliphatic rings. The summed E-state index contributed by atoms with van der Waals surface area (Å²) in [6.45, 7) is 0. The molecule has 0 atom stereocenters. The van der Waals surface area contributed by atoms with E-state index in [1.54, 1.807) is 18.2 Å². The van der Waals surface area contributed by atoms with Gasteiger partial charge in [0.05, 0.1) is 18.4 Å². The second-order valence-electron chi connectivity index (χ2n) is 5.03. The van der Waals surface area contributed by atoms with Gasteiger partial charge in [-0.15, -0.1) is 5.10 Å². The highest BCUT2D eigenvalue weighted by Crippen LogP contribution is 2.33. The summed E-state index contributed by atoms with van der Waals surface area (Å²) >= 11 is 0. The number of nitrogens with zero attached hydrogens (tertiary/aromatic N) is 4. The molecule has 0 fully saturated rings. The van der Waals surface area contributed by atoms with Crippen LogP contribution in [0.3, 0.4) is 0 Å². The van der Waals surface area contributed by atoms with Gasteiger partial charge in [-0.05, 0) is 30.3 Å². The molecule has 126 valence electrons. The fraction of sp³-hybridized carbons (Fsp3) is 0.125. The molecule has 0 unspecified atom stereocenters. The monoisotopic (exact) mass is 345 g/mol. The van der Waals surface area contributed by atoms with Crippen LogP contribution in [0.4, 0.5) is 13.2 Å². The molecule has 1 N–H and O–H groups in total. The Hall–Kier alpha value is -3.41. The van der Waals surface area contributed by atoms with Gasteiger partial charge < -0.3 is 4.74 Å². The number of ether oxygens (including phenoxy) is 1. The number of pyridine rings is 1. The van der Waals surface area contributed by atoms with Gasteiger partial charge in [-0.25, -0.2) is 5.10 Å². The predicted molar refractivity (Wildman–Crippen MR) is 81.3 cm³/mol. The normalized spacial score (nSPS) is 11.2. The summed E-state index contributed by atoms with van der Waals surface area (Å²) in [6.07, 6.45) is -3.68. The van der Waals surface area contributed by atoms with Crippen molar-refractivity contribution in [3.05, 3.63) is 47.8 Å². The molecule has 6 nitrogen and oxygen atoms in total. The van der Waals surface area contributed by atoms with Crippen molar-refractivity contribution in [1.29, 1.82) is 5.26 Å². The molecule has 0 amide bonds. The Labute approximate surface area is 139 Å². The van der Waals surface area contributed by atoms with Gasteiger partial charge in [0.15, 0.2) is 5.69 Å². The molecule has 0 saturated carbocycles. The summed E-state index contributed by atoms with van der Waals surface area (Å²) in [4.78, 5) is 3.87. The number of aromatic nitrogens is 4. The van der Waals surface area contributed by atoms with Gasteiger partial charge in [-0.3, -0.25) is 4.98 Å². The van der Waals surface area contributed by atoms with Crippen LogP contribution in [0.5, 0.6) is 5.75 Å². The molecule has 0 aliphatic carbocycles. The van der Waals surface area contributed by atoms with E-state index in [1.165, 1.54) is 13.2 Å². The van der Waals surface area contributed by atoms with Crippen molar-refractivity contribution >= 4 is 0 Å². The minimum Gasteiger partial charge on any atom is -0.497 e. The molecule has 2 aromatic heterocycles. The summed E-state index contributed by atoms with van der Waals surface area (Å²) < 4.78 is 43.2. The number of methoxy groups -OCH3 is 1. The maximum absolute atomic E-state index is 12.7. The molecule has 0 bridgehead atoms. The lowest BCUT2D eigenvalue weighted by atomic mass is 10.0. The molecule has 2 heterocycles. The first-order chi connectivity index (χ1) is 11.9. The molecule has 0 saturated heterocycles. The van der Waals surface area contributed by atoms with Crippen molar-refractivity contribution in [3.8, 4) is 34.3 Å². The van der Waals surface area contributed by atoms with Crippen molar-refractivity contribution in [3.63, 3.8) is 0 Å². The second-order valence-corrected chi connectivity index (χ2v) is 5.03. The fourth-order valence-electron chi connectivity index (χ4n) is 2.24. The molecule has 3 aromatic rings. The first kappa shape index (κ1) is 16.4. The van der Waals surface area contributed by atoms with Gasteiger partial charge in [0, 0.05) is 17.3 Å². The maximum atomic E-state index is 12.7. The number of benzene rings is 1. The van der Waals surface area contributed by atoms with Gasteiger partial charge in [0.25, 0.3) is 0 Å². The van der Waals surface area contributed by atoms with Crippen LogP contribution in [0.25, 0.3) is 22.5 Å². The summed E-state index contributed by atoms with van der Waals surface area (Å²) in [5, 5.41) is 19.0. The average Bonchev–Trinajstić information content (AvgIpc) is 3.09. The Kier molecular flexibility index (Phi) is 4.10. The van der Waals surface area contributed by atoms with Crippen molar-refractivity contribution in [2.45, 2.75) is 6.18 Å². The second kappa shape index (κ2) is 6.24. The van der Waals surface area contributed by atoms with Crippen LogP contribution in [-0.4, -0.2) is 27.5 Å². The van der Waals surface area contributed by atoms with Crippen LogP contribution in [0.2, 0.25) is 0 Å². The summed E-state index contributed by atoms with van der Waals surface area (Å²) in [5.41, 5.74) is 1.03. The summed E-state index contributed by atoms with van der Waals surface area (Å²) in [6, 6.07) is 9.09. The summed E-state index contributed by atoms with van der Waals surface area (Å²) in [5.74, 6) is 0.445. The van der Waals surface area contributed by atoms with E-state index in [-0.39, 0.29) is 5.69 Å².